The Kier molecular flexibility index (Phi) is 3.81. The molecule has 24 heavy (non-hydrogen) atoms. The molecule has 0 spiro atoms. The third-order valence-corrected chi connectivity index (χ3v) is 8.86. The van der Waals surface area contributed by atoms with Crippen molar-refractivity contribution in [3.05, 3.63) is 11.6 Å². The molecule has 1 N–H and O–H groups in total. The van der Waals surface area contributed by atoms with Crippen molar-refractivity contribution >= 4 is 5.78 Å². The smallest absolute Gasteiger partial charge is 0.133 e. The van der Waals surface area contributed by atoms with Gasteiger partial charge in [-0.15, -0.1) is 0 Å². The van der Waals surface area contributed by atoms with E-state index in [1.54, 1.807) is 5.57 Å². The van der Waals surface area contributed by atoms with E-state index < -0.39 is 0 Å². The molecule has 2 heteroatoms. The first-order valence-corrected chi connectivity index (χ1v) is 10.2. The molecule has 0 radical (unpaired) electrons. The minimum absolute atomic E-state index is 0.122. The molecule has 4 rings (SSSR count). The minimum atomic E-state index is -0.122. The molecule has 2 nitrogen and oxygen atoms in total. The van der Waals surface area contributed by atoms with E-state index in [0.717, 1.165) is 31.1 Å². The van der Waals surface area contributed by atoms with Crippen LogP contribution in [0.4, 0.5) is 0 Å². The highest BCUT2D eigenvalue weighted by Gasteiger charge is 2.61. The summed E-state index contributed by atoms with van der Waals surface area (Å²) < 4.78 is 0. The van der Waals surface area contributed by atoms with Crippen molar-refractivity contribution in [2.24, 2.45) is 40.4 Å². The quantitative estimate of drug-likeness (QED) is 0.704. The molecule has 134 valence electrons. The SMILES string of the molecule is CC(=O)[C@@H]1[C@@H](C)C[C@@H]2[C@H]3CC=C4C[C@@H](O)CC[C@]4(C)[C@@H]3CC[C@@]21C. The van der Waals surface area contributed by atoms with Crippen LogP contribution in [0.3, 0.4) is 0 Å². The number of hydrogen-bond acceptors (Lipinski definition) is 2. The fourth-order valence-corrected chi connectivity index (χ4v) is 7.87. The number of hydrogen-bond donors (Lipinski definition) is 1. The molecule has 0 saturated heterocycles. The molecule has 4 aliphatic rings. The van der Waals surface area contributed by atoms with Gasteiger partial charge in [0.05, 0.1) is 6.10 Å². The normalized spacial score (nSPS) is 53.6. The van der Waals surface area contributed by atoms with Crippen LogP contribution in [0.25, 0.3) is 0 Å². The van der Waals surface area contributed by atoms with E-state index in [-0.39, 0.29) is 17.4 Å². The van der Waals surface area contributed by atoms with Crippen LogP contribution < -0.4 is 0 Å². The molecule has 8 atom stereocenters. The summed E-state index contributed by atoms with van der Waals surface area (Å²) in [4.78, 5) is 12.4. The second-order valence-corrected chi connectivity index (χ2v) is 10.0. The largest absolute Gasteiger partial charge is 0.393 e. The summed E-state index contributed by atoms with van der Waals surface area (Å²) in [6.45, 7) is 9.04. The maximum Gasteiger partial charge on any atom is 0.133 e. The molecular formula is C22H34O2. The highest BCUT2D eigenvalue weighted by Crippen LogP contribution is 2.67. The summed E-state index contributed by atoms with van der Waals surface area (Å²) in [6.07, 6.45) is 10.3. The number of aliphatic hydroxyl groups is 1. The van der Waals surface area contributed by atoms with Crippen molar-refractivity contribution in [1.29, 1.82) is 0 Å². The number of ketones is 1. The lowest BCUT2D eigenvalue weighted by Crippen LogP contribution is -2.51. The van der Waals surface area contributed by atoms with Crippen molar-refractivity contribution in [2.45, 2.75) is 78.7 Å². The molecular weight excluding hydrogens is 296 g/mol. The predicted molar refractivity (Wildman–Crippen MR) is 96.4 cm³/mol. The van der Waals surface area contributed by atoms with Gasteiger partial charge < -0.3 is 5.11 Å². The second kappa shape index (κ2) is 5.43. The van der Waals surface area contributed by atoms with Gasteiger partial charge in [-0.25, -0.2) is 0 Å². The topological polar surface area (TPSA) is 37.3 Å². The molecule has 0 aromatic heterocycles. The average molecular weight is 331 g/mol. The molecule has 4 aliphatic carbocycles. The van der Waals surface area contributed by atoms with E-state index in [1.807, 2.05) is 6.92 Å². The summed E-state index contributed by atoms with van der Waals surface area (Å²) >= 11 is 0. The van der Waals surface area contributed by atoms with Crippen molar-refractivity contribution in [1.82, 2.24) is 0 Å². The summed E-state index contributed by atoms with van der Waals surface area (Å²) in [6, 6.07) is 0. The first-order chi connectivity index (χ1) is 11.3. The Labute approximate surface area is 147 Å². The van der Waals surface area contributed by atoms with E-state index in [9.17, 15) is 9.90 Å². The van der Waals surface area contributed by atoms with Crippen molar-refractivity contribution in [2.75, 3.05) is 0 Å². The van der Waals surface area contributed by atoms with Crippen LogP contribution in [0.2, 0.25) is 0 Å². The van der Waals surface area contributed by atoms with Gasteiger partial charge >= 0.3 is 0 Å². The van der Waals surface area contributed by atoms with Crippen LogP contribution in [0, 0.1) is 40.4 Å². The van der Waals surface area contributed by atoms with E-state index in [4.69, 9.17) is 0 Å². The number of allylic oxidation sites excluding steroid dienone is 1. The highest BCUT2D eigenvalue weighted by molar-refractivity contribution is 5.80. The van der Waals surface area contributed by atoms with Gasteiger partial charge in [0, 0.05) is 5.92 Å². The molecule has 3 saturated carbocycles. The number of aliphatic hydroxyl groups excluding tert-OH is 1. The van der Waals surface area contributed by atoms with Gasteiger partial charge in [0.1, 0.15) is 5.78 Å². The Balaban J connectivity index is 1.68. The highest BCUT2D eigenvalue weighted by atomic mass is 16.3. The summed E-state index contributed by atoms with van der Waals surface area (Å²) in [5, 5.41) is 10.1. The Morgan fingerprint density at radius 3 is 2.67 bits per heavy atom. The van der Waals surface area contributed by atoms with Crippen LogP contribution in [0.5, 0.6) is 0 Å². The summed E-state index contributed by atoms with van der Waals surface area (Å²) in [7, 11) is 0. The van der Waals surface area contributed by atoms with Crippen molar-refractivity contribution in [3.8, 4) is 0 Å². The lowest BCUT2D eigenvalue weighted by Gasteiger charge is -2.57. The lowest BCUT2D eigenvalue weighted by molar-refractivity contribution is -0.128. The molecule has 0 heterocycles. The van der Waals surface area contributed by atoms with Gasteiger partial charge in [-0.1, -0.05) is 32.4 Å². The molecule has 0 aromatic rings. The zero-order valence-corrected chi connectivity index (χ0v) is 15.8. The van der Waals surface area contributed by atoms with E-state index in [2.05, 4.69) is 26.8 Å². The van der Waals surface area contributed by atoms with Gasteiger partial charge in [-0.2, -0.15) is 0 Å². The van der Waals surface area contributed by atoms with Crippen LogP contribution in [0.1, 0.15) is 72.6 Å². The maximum atomic E-state index is 12.4. The Bertz CT molecular complexity index is 579. The maximum absolute atomic E-state index is 12.4. The molecule has 0 aromatic carbocycles. The van der Waals surface area contributed by atoms with Crippen LogP contribution in [-0.4, -0.2) is 17.0 Å². The van der Waals surface area contributed by atoms with Crippen LogP contribution in [0.15, 0.2) is 11.6 Å². The third-order valence-electron chi connectivity index (χ3n) is 8.86. The van der Waals surface area contributed by atoms with Gasteiger partial charge in [0.2, 0.25) is 0 Å². The van der Waals surface area contributed by atoms with Gasteiger partial charge in [-0.3, -0.25) is 4.79 Å². The van der Waals surface area contributed by atoms with Crippen LogP contribution >= 0.6 is 0 Å². The molecule has 0 aliphatic heterocycles. The van der Waals surface area contributed by atoms with Gasteiger partial charge in [-0.05, 0) is 86.4 Å². The molecule has 0 bridgehead atoms. The van der Waals surface area contributed by atoms with E-state index >= 15 is 0 Å². The lowest BCUT2D eigenvalue weighted by atomic mass is 9.47. The summed E-state index contributed by atoms with van der Waals surface area (Å²) in [5.41, 5.74) is 2.07. The van der Waals surface area contributed by atoms with Crippen LogP contribution in [-0.2, 0) is 4.79 Å². The predicted octanol–water partition coefficient (Wildman–Crippen LogP) is 4.76. The first-order valence-electron chi connectivity index (χ1n) is 10.2. The monoisotopic (exact) mass is 330 g/mol. The molecule has 0 unspecified atom stereocenters. The fourth-order valence-electron chi connectivity index (χ4n) is 7.87. The third kappa shape index (κ3) is 2.14. The van der Waals surface area contributed by atoms with Gasteiger partial charge in [0.25, 0.3) is 0 Å². The summed E-state index contributed by atoms with van der Waals surface area (Å²) in [5.74, 6) is 3.46. The number of rotatable bonds is 1. The zero-order valence-electron chi connectivity index (χ0n) is 15.8. The first kappa shape index (κ1) is 16.8. The second-order valence-electron chi connectivity index (χ2n) is 10.0. The van der Waals surface area contributed by atoms with E-state index in [0.29, 0.717) is 23.0 Å². The Hall–Kier alpha value is -0.630. The van der Waals surface area contributed by atoms with Crippen molar-refractivity contribution < 1.29 is 9.90 Å². The van der Waals surface area contributed by atoms with Crippen molar-refractivity contribution in [3.63, 3.8) is 0 Å². The number of fused-ring (bicyclic) bond motifs is 5. The Morgan fingerprint density at radius 1 is 1.21 bits per heavy atom. The zero-order chi connectivity index (χ0) is 17.3. The standard InChI is InChI=1S/C22H34O2/c1-13-11-19-17-6-5-15-12-16(24)7-9-21(15,3)18(17)8-10-22(19,4)20(13)14(2)23/h5,13,16-20,24H,6-12H2,1-4H3/t13-,16-,17-,18+,19+,20-,21-,22-/m0/s1. The molecule has 3 fully saturated rings. The number of Topliss-reactive ketones (excluding diaryl/α,β-unsaturated/α-hetero) is 1. The minimum Gasteiger partial charge on any atom is -0.393 e. The fraction of sp³-hybridized carbons (Fsp3) is 0.864. The van der Waals surface area contributed by atoms with E-state index in [1.165, 1.54) is 25.7 Å². The average Bonchev–Trinajstić information content (AvgIpc) is 2.78. The number of carbonyl (C=O) groups excluding carboxylic acids is 1. The Morgan fingerprint density at radius 2 is 1.96 bits per heavy atom. The molecule has 0 amide bonds. The van der Waals surface area contributed by atoms with Gasteiger partial charge in [0.15, 0.2) is 0 Å². The number of carbonyl (C=O) groups is 1.